The highest BCUT2D eigenvalue weighted by atomic mass is 16.5. The van der Waals surface area contributed by atoms with Gasteiger partial charge in [-0.15, -0.1) is 0 Å². The molecule has 4 heteroatoms. The van der Waals surface area contributed by atoms with Gasteiger partial charge < -0.3 is 15.2 Å². The van der Waals surface area contributed by atoms with Crippen LogP contribution in [0.4, 0.5) is 0 Å². The number of carboxylic acid groups (broad SMARTS) is 1. The molecule has 0 amide bonds. The molecule has 1 heterocycles. The van der Waals surface area contributed by atoms with E-state index in [0.717, 1.165) is 45.4 Å². The van der Waals surface area contributed by atoms with Crippen molar-refractivity contribution in [3.8, 4) is 0 Å². The summed E-state index contributed by atoms with van der Waals surface area (Å²) >= 11 is 0. The highest BCUT2D eigenvalue weighted by Crippen LogP contribution is 2.19. The van der Waals surface area contributed by atoms with Gasteiger partial charge in [0, 0.05) is 25.2 Å². The predicted octanol–water partition coefficient (Wildman–Crippen LogP) is 1.40. The van der Waals surface area contributed by atoms with E-state index in [2.05, 4.69) is 12.2 Å². The van der Waals surface area contributed by atoms with Crippen molar-refractivity contribution in [3.63, 3.8) is 0 Å². The lowest BCUT2D eigenvalue weighted by Crippen LogP contribution is -2.47. The first kappa shape index (κ1) is 12.5. The third-order valence-electron chi connectivity index (χ3n) is 2.97. The van der Waals surface area contributed by atoms with Gasteiger partial charge in [-0.2, -0.15) is 0 Å². The van der Waals surface area contributed by atoms with E-state index in [0.29, 0.717) is 0 Å². The monoisotopic (exact) mass is 215 g/mol. The quantitative estimate of drug-likeness (QED) is 0.658. The average Bonchev–Trinajstić information content (AvgIpc) is 2.17. The highest BCUT2D eigenvalue weighted by molar-refractivity contribution is 5.66. The van der Waals surface area contributed by atoms with Crippen LogP contribution in [0.1, 0.15) is 39.0 Å². The Kier molecular flexibility index (Phi) is 5.05. The molecule has 1 fully saturated rings. The first-order valence-corrected chi connectivity index (χ1v) is 5.67. The molecule has 1 aliphatic heterocycles. The molecule has 0 radical (unpaired) electrons. The fourth-order valence-corrected chi connectivity index (χ4v) is 1.79. The minimum Gasteiger partial charge on any atom is -0.481 e. The lowest BCUT2D eigenvalue weighted by atomic mass is 9.92. The Morgan fingerprint density at radius 1 is 1.40 bits per heavy atom. The lowest BCUT2D eigenvalue weighted by Gasteiger charge is -2.34. The van der Waals surface area contributed by atoms with E-state index >= 15 is 0 Å². The molecule has 1 rings (SSSR count). The highest BCUT2D eigenvalue weighted by Gasteiger charge is 2.25. The number of hydrogen-bond acceptors (Lipinski definition) is 3. The van der Waals surface area contributed by atoms with Gasteiger partial charge in [-0.05, 0) is 39.2 Å². The summed E-state index contributed by atoms with van der Waals surface area (Å²) in [7, 11) is 0. The van der Waals surface area contributed by atoms with Gasteiger partial charge in [-0.25, -0.2) is 0 Å². The smallest absolute Gasteiger partial charge is 0.303 e. The summed E-state index contributed by atoms with van der Waals surface area (Å²) in [5.41, 5.74) is 0.196. The van der Waals surface area contributed by atoms with Gasteiger partial charge >= 0.3 is 5.97 Å². The molecule has 0 aromatic rings. The summed E-state index contributed by atoms with van der Waals surface area (Å²) in [6.07, 6.45) is 4.07. The zero-order valence-corrected chi connectivity index (χ0v) is 9.42. The van der Waals surface area contributed by atoms with Crippen LogP contribution in [-0.2, 0) is 9.53 Å². The fourth-order valence-electron chi connectivity index (χ4n) is 1.79. The second kappa shape index (κ2) is 6.08. The molecule has 1 saturated heterocycles. The second-order valence-corrected chi connectivity index (χ2v) is 4.45. The zero-order valence-electron chi connectivity index (χ0n) is 9.42. The van der Waals surface area contributed by atoms with E-state index in [1.54, 1.807) is 0 Å². The minimum atomic E-state index is -0.702. The van der Waals surface area contributed by atoms with E-state index in [1.807, 2.05) is 0 Å². The number of hydrogen-bond donors (Lipinski definition) is 2. The Morgan fingerprint density at radius 2 is 2.07 bits per heavy atom. The van der Waals surface area contributed by atoms with Crippen LogP contribution in [0.15, 0.2) is 0 Å². The molecule has 0 unspecified atom stereocenters. The molecule has 0 aromatic heterocycles. The molecule has 4 nitrogen and oxygen atoms in total. The van der Waals surface area contributed by atoms with E-state index in [4.69, 9.17) is 9.84 Å². The maximum Gasteiger partial charge on any atom is 0.303 e. The Morgan fingerprint density at radius 3 is 2.67 bits per heavy atom. The van der Waals surface area contributed by atoms with Gasteiger partial charge in [0.1, 0.15) is 0 Å². The molecular formula is C11H21NO3. The Balaban J connectivity index is 2.05. The van der Waals surface area contributed by atoms with Crippen LogP contribution in [0.3, 0.4) is 0 Å². The number of ether oxygens (including phenoxy) is 1. The molecule has 0 saturated carbocycles. The third-order valence-corrected chi connectivity index (χ3v) is 2.97. The molecule has 0 spiro atoms. The maximum atomic E-state index is 10.3. The largest absolute Gasteiger partial charge is 0.481 e. The number of nitrogens with one attached hydrogen (secondary N) is 1. The van der Waals surface area contributed by atoms with Gasteiger partial charge in [0.05, 0.1) is 0 Å². The van der Waals surface area contributed by atoms with E-state index in [-0.39, 0.29) is 12.0 Å². The summed E-state index contributed by atoms with van der Waals surface area (Å²) in [4.78, 5) is 10.3. The van der Waals surface area contributed by atoms with Crippen LogP contribution >= 0.6 is 0 Å². The Hall–Kier alpha value is -0.610. The molecule has 0 bridgehead atoms. The van der Waals surface area contributed by atoms with Crippen molar-refractivity contribution >= 4 is 5.97 Å². The van der Waals surface area contributed by atoms with Crippen LogP contribution in [0, 0.1) is 0 Å². The van der Waals surface area contributed by atoms with Crippen molar-refractivity contribution in [3.05, 3.63) is 0 Å². The second-order valence-electron chi connectivity index (χ2n) is 4.45. The first-order valence-electron chi connectivity index (χ1n) is 5.67. The summed E-state index contributed by atoms with van der Waals surface area (Å²) in [5, 5.41) is 12.0. The van der Waals surface area contributed by atoms with E-state index in [1.165, 1.54) is 0 Å². The summed E-state index contributed by atoms with van der Waals surface area (Å²) < 4.78 is 5.31. The number of unbranched alkanes of at least 4 members (excludes halogenated alkanes) is 1. The molecule has 0 atom stereocenters. The minimum absolute atomic E-state index is 0.196. The average molecular weight is 215 g/mol. The molecule has 1 aliphatic rings. The Bertz CT molecular complexity index is 200. The zero-order chi connectivity index (χ0) is 11.1. The van der Waals surface area contributed by atoms with Crippen LogP contribution in [0.5, 0.6) is 0 Å². The fraction of sp³-hybridized carbons (Fsp3) is 0.909. The van der Waals surface area contributed by atoms with Gasteiger partial charge in [-0.3, -0.25) is 4.79 Å². The normalized spacial score (nSPS) is 20.1. The third kappa shape index (κ3) is 5.14. The lowest BCUT2D eigenvalue weighted by molar-refractivity contribution is -0.137. The van der Waals surface area contributed by atoms with Gasteiger partial charge in [-0.1, -0.05) is 0 Å². The summed E-state index contributed by atoms with van der Waals surface area (Å²) in [5.74, 6) is -0.702. The molecular weight excluding hydrogens is 194 g/mol. The van der Waals surface area contributed by atoms with E-state index in [9.17, 15) is 4.79 Å². The van der Waals surface area contributed by atoms with E-state index < -0.39 is 5.97 Å². The standard InChI is InChI=1S/C11H21NO3/c1-11(5-8-15-9-6-11)12-7-3-2-4-10(13)14/h12H,2-9H2,1H3,(H,13,14). The van der Waals surface area contributed by atoms with Crippen LogP contribution in [0.2, 0.25) is 0 Å². The number of rotatable bonds is 6. The SMILES string of the molecule is CC1(NCCCCC(=O)O)CCOCC1. The number of carbonyl (C=O) groups is 1. The van der Waals surface area contributed by atoms with Crippen molar-refractivity contribution in [2.24, 2.45) is 0 Å². The predicted molar refractivity (Wildman–Crippen MR) is 57.9 cm³/mol. The van der Waals surface area contributed by atoms with Gasteiger partial charge in [0.25, 0.3) is 0 Å². The van der Waals surface area contributed by atoms with Crippen molar-refractivity contribution < 1.29 is 14.6 Å². The number of carboxylic acids is 1. The number of aliphatic carboxylic acids is 1. The molecule has 0 aromatic carbocycles. The molecule has 2 N–H and O–H groups in total. The molecule has 0 aliphatic carbocycles. The Labute approximate surface area is 91.0 Å². The molecule has 88 valence electrons. The first-order chi connectivity index (χ1) is 7.12. The van der Waals surface area contributed by atoms with Crippen molar-refractivity contribution in [1.82, 2.24) is 5.32 Å². The van der Waals surface area contributed by atoms with Gasteiger partial charge in [0.15, 0.2) is 0 Å². The van der Waals surface area contributed by atoms with Crippen molar-refractivity contribution in [2.75, 3.05) is 19.8 Å². The summed E-state index contributed by atoms with van der Waals surface area (Å²) in [6, 6.07) is 0. The van der Waals surface area contributed by atoms with Crippen LogP contribution in [0.25, 0.3) is 0 Å². The molecule has 15 heavy (non-hydrogen) atoms. The topological polar surface area (TPSA) is 58.6 Å². The summed E-state index contributed by atoms with van der Waals surface area (Å²) in [6.45, 7) is 4.79. The van der Waals surface area contributed by atoms with Gasteiger partial charge in [0.2, 0.25) is 0 Å². The maximum absolute atomic E-state index is 10.3. The van der Waals surface area contributed by atoms with Crippen molar-refractivity contribution in [2.45, 2.75) is 44.6 Å². The van der Waals surface area contributed by atoms with Crippen LogP contribution in [-0.4, -0.2) is 36.4 Å². The van der Waals surface area contributed by atoms with Crippen LogP contribution < -0.4 is 5.32 Å². The van der Waals surface area contributed by atoms with Crippen molar-refractivity contribution in [1.29, 1.82) is 0 Å².